The van der Waals surface area contributed by atoms with Crippen LogP contribution in [0.15, 0.2) is 181 Å². The first-order valence-electron chi connectivity index (χ1n) is 19.3. The van der Waals surface area contributed by atoms with Gasteiger partial charge in [-0.1, -0.05) is 103 Å². The topological polar surface area (TPSA) is 47.1 Å². The lowest BCUT2D eigenvalue weighted by molar-refractivity contribution is 0.972. The van der Waals surface area contributed by atoms with Crippen LogP contribution in [0.5, 0.6) is 0 Å². The molecule has 6 aromatic carbocycles. The molecule has 2 aliphatic rings. The van der Waals surface area contributed by atoms with Crippen LogP contribution in [0.2, 0.25) is 0 Å². The summed E-state index contributed by atoms with van der Waals surface area (Å²) in [6, 6.07) is 55.5. The molecule has 3 aromatic heterocycles. The molecule has 11 rings (SSSR count). The number of pyridine rings is 1. The fourth-order valence-electron chi connectivity index (χ4n) is 8.63. The minimum Gasteiger partial charge on any atom is -0.387 e. The van der Waals surface area contributed by atoms with E-state index in [2.05, 4.69) is 189 Å². The van der Waals surface area contributed by atoms with E-state index in [-0.39, 0.29) is 0 Å². The Morgan fingerprint density at radius 3 is 1.48 bits per heavy atom. The van der Waals surface area contributed by atoms with Crippen molar-refractivity contribution < 1.29 is 0 Å². The molecule has 5 heterocycles. The van der Waals surface area contributed by atoms with Crippen molar-refractivity contribution >= 4 is 61.0 Å². The van der Waals surface area contributed by atoms with E-state index in [0.717, 1.165) is 70.1 Å². The fourth-order valence-corrected chi connectivity index (χ4v) is 8.63. The molecular formula is C51H37N5. The van der Waals surface area contributed by atoms with Crippen molar-refractivity contribution in [2.45, 2.75) is 6.42 Å². The smallest absolute Gasteiger partial charge is 0.0713 e. The van der Waals surface area contributed by atoms with Gasteiger partial charge in [0.15, 0.2) is 0 Å². The first kappa shape index (κ1) is 32.2. The highest BCUT2D eigenvalue weighted by atomic mass is 15.0. The number of rotatable bonds is 6. The number of fused-ring (bicyclic) bond motifs is 6. The number of nitrogens with one attached hydrogen (secondary N) is 1. The average molecular weight is 720 g/mol. The molecule has 2 aliphatic heterocycles. The van der Waals surface area contributed by atoms with E-state index in [1.54, 1.807) is 0 Å². The molecule has 5 heteroatoms. The highest BCUT2D eigenvalue weighted by molar-refractivity contribution is 6.10. The van der Waals surface area contributed by atoms with E-state index in [1.165, 1.54) is 49.2 Å². The standard InChI is InChI=1S/C51H37N5/c1-5-13-48-42(9-1)43-10-2-6-14-49(43)55(48)40-29-38(30-41(33-40)56-50-15-7-3-11-44(50)45-12-4-8-16-51(45)56)34-17-19-35(20-18-34)39-31-46(36-21-25-52-26-22-36)54-47(32-39)37-23-27-53-28-24-37/h1-23,25,27,29-33,52H,24,26,28H2. The molecule has 0 radical (unpaired) electrons. The van der Waals surface area contributed by atoms with Gasteiger partial charge in [-0.25, -0.2) is 4.98 Å². The van der Waals surface area contributed by atoms with Crippen LogP contribution >= 0.6 is 0 Å². The van der Waals surface area contributed by atoms with Gasteiger partial charge >= 0.3 is 0 Å². The van der Waals surface area contributed by atoms with E-state index in [4.69, 9.17) is 4.98 Å². The fraction of sp³-hybridized carbons (Fsp3) is 0.0588. The molecule has 1 N–H and O–H groups in total. The minimum absolute atomic E-state index is 0.790. The van der Waals surface area contributed by atoms with Crippen molar-refractivity contribution in [1.29, 1.82) is 0 Å². The van der Waals surface area contributed by atoms with Crippen LogP contribution in [0.3, 0.4) is 0 Å². The highest BCUT2D eigenvalue weighted by Gasteiger charge is 2.18. The molecule has 0 aliphatic carbocycles. The molecule has 0 atom stereocenters. The van der Waals surface area contributed by atoms with Crippen LogP contribution in [0.1, 0.15) is 17.8 Å². The van der Waals surface area contributed by atoms with Crippen molar-refractivity contribution in [3.63, 3.8) is 0 Å². The number of benzene rings is 6. The lowest BCUT2D eigenvalue weighted by Crippen LogP contribution is -2.09. The second-order valence-corrected chi connectivity index (χ2v) is 14.6. The number of hydrogen-bond donors (Lipinski definition) is 1. The van der Waals surface area contributed by atoms with Crippen LogP contribution in [0.25, 0.3) is 88.4 Å². The molecule has 0 saturated carbocycles. The molecule has 0 spiro atoms. The number of aromatic nitrogens is 3. The molecule has 9 aromatic rings. The van der Waals surface area contributed by atoms with Crippen molar-refractivity contribution in [1.82, 2.24) is 19.4 Å². The Morgan fingerprint density at radius 1 is 0.500 bits per heavy atom. The van der Waals surface area contributed by atoms with Crippen LogP contribution in [0.4, 0.5) is 0 Å². The van der Waals surface area contributed by atoms with Gasteiger partial charge in [0.25, 0.3) is 0 Å². The summed E-state index contributed by atoms with van der Waals surface area (Å²) in [4.78, 5) is 9.57. The zero-order chi connectivity index (χ0) is 37.0. The Balaban J connectivity index is 1.10. The Morgan fingerprint density at radius 2 is 1.00 bits per heavy atom. The molecular weight excluding hydrogens is 683 g/mol. The van der Waals surface area contributed by atoms with Crippen molar-refractivity contribution in [2.24, 2.45) is 4.99 Å². The van der Waals surface area contributed by atoms with Gasteiger partial charge in [-0.05, 0) is 113 Å². The number of allylic oxidation sites excluding steroid dienone is 3. The SMILES string of the molecule is C1=CC(c2cc(-c3ccc(-c4cc(-n5c6ccccc6c6ccccc65)cc(-n5c6ccccc6c6ccccc65)c4)cc3)cc(C3=CC=NCC3)n2)=CCN1. The van der Waals surface area contributed by atoms with Gasteiger partial charge in [-0.3, -0.25) is 4.99 Å². The number of aliphatic imine (C=N–C) groups is 1. The normalized spacial score (nSPS) is 14.1. The van der Waals surface area contributed by atoms with E-state index >= 15 is 0 Å². The largest absolute Gasteiger partial charge is 0.387 e. The van der Waals surface area contributed by atoms with Crippen molar-refractivity contribution in [2.75, 3.05) is 13.1 Å². The molecule has 5 nitrogen and oxygen atoms in total. The molecule has 0 saturated heterocycles. The lowest BCUT2D eigenvalue weighted by Gasteiger charge is -2.16. The molecule has 266 valence electrons. The third-order valence-electron chi connectivity index (χ3n) is 11.3. The van der Waals surface area contributed by atoms with Crippen LogP contribution < -0.4 is 5.32 Å². The lowest BCUT2D eigenvalue weighted by atomic mass is 9.96. The van der Waals surface area contributed by atoms with Gasteiger partial charge in [0.2, 0.25) is 0 Å². The zero-order valence-electron chi connectivity index (χ0n) is 30.7. The molecule has 0 bridgehead atoms. The number of nitrogens with zero attached hydrogens (tertiary/aromatic N) is 4. The van der Waals surface area contributed by atoms with E-state index in [0.29, 0.717) is 0 Å². The van der Waals surface area contributed by atoms with Crippen LogP contribution in [-0.4, -0.2) is 33.4 Å². The summed E-state index contributed by atoms with van der Waals surface area (Å²) >= 11 is 0. The van der Waals surface area contributed by atoms with Gasteiger partial charge in [-0.2, -0.15) is 0 Å². The van der Waals surface area contributed by atoms with E-state index in [1.807, 2.05) is 12.4 Å². The van der Waals surface area contributed by atoms with Gasteiger partial charge < -0.3 is 14.5 Å². The quantitative estimate of drug-likeness (QED) is 0.186. The highest BCUT2D eigenvalue weighted by Crippen LogP contribution is 2.38. The predicted octanol–water partition coefficient (Wildman–Crippen LogP) is 12.0. The Labute approximate surface area is 324 Å². The van der Waals surface area contributed by atoms with Gasteiger partial charge in [0.05, 0.1) is 33.5 Å². The maximum absolute atomic E-state index is 5.14. The summed E-state index contributed by atoms with van der Waals surface area (Å²) < 4.78 is 4.85. The van der Waals surface area contributed by atoms with Gasteiger partial charge in [-0.15, -0.1) is 0 Å². The monoisotopic (exact) mass is 719 g/mol. The second-order valence-electron chi connectivity index (χ2n) is 14.6. The minimum atomic E-state index is 0.790. The number of para-hydroxylation sites is 4. The van der Waals surface area contributed by atoms with Gasteiger partial charge in [0, 0.05) is 52.2 Å². The maximum Gasteiger partial charge on any atom is 0.0713 e. The van der Waals surface area contributed by atoms with Crippen LogP contribution in [0, 0.1) is 0 Å². The number of dihydropyridines is 2. The molecule has 0 fully saturated rings. The predicted molar refractivity (Wildman–Crippen MR) is 235 cm³/mol. The summed E-state index contributed by atoms with van der Waals surface area (Å²) in [6.45, 7) is 1.58. The second kappa shape index (κ2) is 13.3. The average Bonchev–Trinajstić information content (AvgIpc) is 3.80. The summed E-state index contributed by atoms with van der Waals surface area (Å²) in [6.07, 6.45) is 11.2. The van der Waals surface area contributed by atoms with Gasteiger partial charge in [0.1, 0.15) is 0 Å². The molecule has 0 unspecified atom stereocenters. The summed E-state index contributed by atoms with van der Waals surface area (Å²) in [7, 11) is 0. The van der Waals surface area contributed by atoms with E-state index < -0.39 is 0 Å². The summed E-state index contributed by atoms with van der Waals surface area (Å²) in [5.74, 6) is 0. The maximum atomic E-state index is 5.14. The Bertz CT molecular complexity index is 2890. The van der Waals surface area contributed by atoms with Crippen molar-refractivity contribution in [3.8, 4) is 33.6 Å². The summed E-state index contributed by atoms with van der Waals surface area (Å²) in [5.41, 5.74) is 16.0. The third-order valence-corrected chi connectivity index (χ3v) is 11.3. The van der Waals surface area contributed by atoms with Crippen molar-refractivity contribution in [3.05, 3.63) is 187 Å². The molecule has 56 heavy (non-hydrogen) atoms. The third kappa shape index (κ3) is 5.39. The number of hydrogen-bond acceptors (Lipinski definition) is 3. The first-order chi connectivity index (χ1) is 27.8. The zero-order valence-corrected chi connectivity index (χ0v) is 30.7. The molecule has 0 amide bonds. The van der Waals surface area contributed by atoms with E-state index in [9.17, 15) is 0 Å². The Kier molecular flexibility index (Phi) is 7.62. The first-order valence-corrected chi connectivity index (χ1v) is 19.3. The Hall–Kier alpha value is -7.24. The summed E-state index contributed by atoms with van der Waals surface area (Å²) in [5, 5.41) is 8.27. The van der Waals surface area contributed by atoms with Crippen LogP contribution in [-0.2, 0) is 0 Å².